The molecule has 0 fully saturated rings. The highest BCUT2D eigenvalue weighted by Crippen LogP contribution is 2.23. The van der Waals surface area contributed by atoms with Gasteiger partial charge >= 0.3 is 0 Å². The molecule has 0 spiro atoms. The number of hydrogen-bond acceptors (Lipinski definition) is 3. The molecule has 0 aliphatic carbocycles. The van der Waals surface area contributed by atoms with Gasteiger partial charge in [-0.15, -0.1) is 5.10 Å². The van der Waals surface area contributed by atoms with E-state index >= 15 is 0 Å². The highest BCUT2D eigenvalue weighted by atomic mass is 19.1. The van der Waals surface area contributed by atoms with Crippen LogP contribution in [-0.2, 0) is 6.54 Å². The van der Waals surface area contributed by atoms with Gasteiger partial charge in [-0.1, -0.05) is 30.3 Å². The smallest absolute Gasteiger partial charge is 0.128 e. The maximum atomic E-state index is 13.9. The van der Waals surface area contributed by atoms with E-state index in [-0.39, 0.29) is 11.9 Å². The molecule has 0 saturated heterocycles. The molecule has 96 valence electrons. The van der Waals surface area contributed by atoms with E-state index in [1.807, 2.05) is 19.9 Å². The van der Waals surface area contributed by atoms with Crippen molar-refractivity contribution in [2.75, 3.05) is 6.54 Å². The molecule has 0 amide bonds. The number of aromatic nitrogens is 3. The normalized spacial score (nSPS) is 12.6. The fourth-order valence-corrected chi connectivity index (χ4v) is 2.02. The second-order valence-corrected chi connectivity index (χ2v) is 3.99. The second kappa shape index (κ2) is 5.73. The lowest BCUT2D eigenvalue weighted by molar-refractivity contribution is 0.511. The summed E-state index contributed by atoms with van der Waals surface area (Å²) in [6, 6.07) is 6.57. The fraction of sp³-hybridized carbons (Fsp3) is 0.385. The predicted octanol–water partition coefficient (Wildman–Crippen LogP) is 2.14. The summed E-state index contributed by atoms with van der Waals surface area (Å²) in [5, 5.41) is 11.2. The topological polar surface area (TPSA) is 42.7 Å². The Kier molecular flexibility index (Phi) is 4.04. The number of nitrogens with one attached hydrogen (secondary N) is 1. The Labute approximate surface area is 106 Å². The van der Waals surface area contributed by atoms with Gasteiger partial charge in [0, 0.05) is 12.1 Å². The lowest BCUT2D eigenvalue weighted by Gasteiger charge is -2.19. The van der Waals surface area contributed by atoms with Crippen LogP contribution in [0.25, 0.3) is 0 Å². The van der Waals surface area contributed by atoms with Gasteiger partial charge in [0.2, 0.25) is 0 Å². The quantitative estimate of drug-likeness (QED) is 0.881. The van der Waals surface area contributed by atoms with Gasteiger partial charge in [-0.05, 0) is 19.5 Å². The van der Waals surface area contributed by atoms with Crippen molar-refractivity contribution >= 4 is 0 Å². The van der Waals surface area contributed by atoms with E-state index < -0.39 is 0 Å². The van der Waals surface area contributed by atoms with Crippen LogP contribution in [0.1, 0.15) is 31.1 Å². The number of aryl methyl sites for hydroxylation is 1. The number of nitrogens with zero attached hydrogens (tertiary/aromatic N) is 3. The van der Waals surface area contributed by atoms with Crippen molar-refractivity contribution in [3.63, 3.8) is 0 Å². The molecule has 0 aliphatic heterocycles. The first-order valence-corrected chi connectivity index (χ1v) is 6.14. The van der Waals surface area contributed by atoms with E-state index in [2.05, 4.69) is 15.6 Å². The number of rotatable bonds is 5. The van der Waals surface area contributed by atoms with Crippen LogP contribution in [0.4, 0.5) is 4.39 Å². The zero-order valence-corrected chi connectivity index (χ0v) is 10.6. The summed E-state index contributed by atoms with van der Waals surface area (Å²) < 4.78 is 15.7. The summed E-state index contributed by atoms with van der Waals surface area (Å²) in [7, 11) is 0. The molecular weight excluding hydrogens is 231 g/mol. The van der Waals surface area contributed by atoms with Crippen LogP contribution in [0.3, 0.4) is 0 Å². The molecule has 18 heavy (non-hydrogen) atoms. The molecule has 2 rings (SSSR count). The van der Waals surface area contributed by atoms with Crippen molar-refractivity contribution in [1.29, 1.82) is 0 Å². The SMILES string of the molecule is CCNC(c1ccccc1F)c1cnnn1CC. The van der Waals surface area contributed by atoms with Crippen molar-refractivity contribution in [3.05, 3.63) is 47.5 Å². The Morgan fingerprint density at radius 2 is 2.11 bits per heavy atom. The number of hydrogen-bond donors (Lipinski definition) is 1. The average molecular weight is 248 g/mol. The molecule has 0 bridgehead atoms. The molecule has 1 N–H and O–H groups in total. The molecule has 1 aromatic carbocycles. The molecule has 0 aliphatic rings. The van der Waals surface area contributed by atoms with Crippen molar-refractivity contribution in [2.24, 2.45) is 0 Å². The van der Waals surface area contributed by atoms with Crippen LogP contribution in [0.2, 0.25) is 0 Å². The van der Waals surface area contributed by atoms with E-state index in [9.17, 15) is 4.39 Å². The van der Waals surface area contributed by atoms with Gasteiger partial charge in [-0.25, -0.2) is 9.07 Å². The Morgan fingerprint density at radius 1 is 1.33 bits per heavy atom. The first-order valence-electron chi connectivity index (χ1n) is 6.14. The van der Waals surface area contributed by atoms with Gasteiger partial charge in [-0.3, -0.25) is 0 Å². The van der Waals surface area contributed by atoms with Gasteiger partial charge in [0.05, 0.1) is 17.9 Å². The summed E-state index contributed by atoms with van der Waals surface area (Å²) >= 11 is 0. The minimum atomic E-state index is -0.217. The van der Waals surface area contributed by atoms with Crippen LogP contribution >= 0.6 is 0 Å². The number of halogens is 1. The summed E-state index contributed by atoms with van der Waals surface area (Å²) in [5.74, 6) is -0.215. The highest BCUT2D eigenvalue weighted by Gasteiger charge is 2.20. The second-order valence-electron chi connectivity index (χ2n) is 3.99. The Morgan fingerprint density at radius 3 is 2.78 bits per heavy atom. The van der Waals surface area contributed by atoms with Crippen molar-refractivity contribution in [3.8, 4) is 0 Å². The van der Waals surface area contributed by atoms with Crippen molar-refractivity contribution in [2.45, 2.75) is 26.4 Å². The van der Waals surface area contributed by atoms with Gasteiger partial charge in [0.15, 0.2) is 0 Å². The van der Waals surface area contributed by atoms with E-state index in [0.29, 0.717) is 12.1 Å². The van der Waals surface area contributed by atoms with Gasteiger partial charge in [0.1, 0.15) is 5.82 Å². The number of benzene rings is 1. The molecule has 1 atom stereocenters. The monoisotopic (exact) mass is 248 g/mol. The van der Waals surface area contributed by atoms with Crippen LogP contribution in [0.15, 0.2) is 30.5 Å². The van der Waals surface area contributed by atoms with Gasteiger partial charge in [0.25, 0.3) is 0 Å². The van der Waals surface area contributed by atoms with Crippen LogP contribution in [0.5, 0.6) is 0 Å². The van der Waals surface area contributed by atoms with Crippen molar-refractivity contribution in [1.82, 2.24) is 20.3 Å². The van der Waals surface area contributed by atoms with E-state index in [0.717, 1.165) is 12.2 Å². The lowest BCUT2D eigenvalue weighted by Crippen LogP contribution is -2.25. The molecule has 5 heteroatoms. The van der Waals surface area contributed by atoms with E-state index in [4.69, 9.17) is 0 Å². The molecule has 2 aromatic rings. The van der Waals surface area contributed by atoms with Gasteiger partial charge < -0.3 is 5.32 Å². The Bertz CT molecular complexity index is 509. The van der Waals surface area contributed by atoms with Crippen LogP contribution in [-0.4, -0.2) is 21.5 Å². The third-order valence-electron chi connectivity index (χ3n) is 2.87. The predicted molar refractivity (Wildman–Crippen MR) is 67.6 cm³/mol. The molecular formula is C13H17FN4. The lowest BCUT2D eigenvalue weighted by atomic mass is 10.0. The molecule has 1 heterocycles. The third-order valence-corrected chi connectivity index (χ3v) is 2.87. The summed E-state index contributed by atoms with van der Waals surface area (Å²) in [4.78, 5) is 0. The van der Waals surface area contributed by atoms with E-state index in [1.165, 1.54) is 6.07 Å². The van der Waals surface area contributed by atoms with E-state index in [1.54, 1.807) is 23.0 Å². The van der Waals surface area contributed by atoms with Crippen LogP contribution in [0, 0.1) is 5.82 Å². The Hall–Kier alpha value is -1.75. The molecule has 1 unspecified atom stereocenters. The summed E-state index contributed by atoms with van der Waals surface area (Å²) in [6.45, 7) is 5.44. The van der Waals surface area contributed by atoms with Gasteiger partial charge in [-0.2, -0.15) is 0 Å². The minimum absolute atomic E-state index is 0.215. The maximum Gasteiger partial charge on any atom is 0.128 e. The highest BCUT2D eigenvalue weighted by molar-refractivity contribution is 5.28. The first-order chi connectivity index (χ1) is 8.77. The standard InChI is InChI=1S/C13H17FN4/c1-3-15-13(10-7-5-6-8-11(10)14)12-9-16-17-18(12)4-2/h5-9,13,15H,3-4H2,1-2H3. The molecule has 0 saturated carbocycles. The molecule has 4 nitrogen and oxygen atoms in total. The largest absolute Gasteiger partial charge is 0.305 e. The summed E-state index contributed by atoms with van der Waals surface area (Å²) in [6.07, 6.45) is 1.68. The Balaban J connectivity index is 2.43. The van der Waals surface area contributed by atoms with Crippen LogP contribution < -0.4 is 5.32 Å². The maximum absolute atomic E-state index is 13.9. The molecule has 1 aromatic heterocycles. The third kappa shape index (κ3) is 2.41. The molecule has 0 radical (unpaired) electrons. The zero-order valence-electron chi connectivity index (χ0n) is 10.6. The average Bonchev–Trinajstić information content (AvgIpc) is 2.85. The summed E-state index contributed by atoms with van der Waals surface area (Å²) in [5.41, 5.74) is 1.50. The fourth-order valence-electron chi connectivity index (χ4n) is 2.02. The van der Waals surface area contributed by atoms with Crippen molar-refractivity contribution < 1.29 is 4.39 Å². The first kappa shape index (κ1) is 12.7. The minimum Gasteiger partial charge on any atom is -0.305 e. The zero-order chi connectivity index (χ0) is 13.0.